The van der Waals surface area contributed by atoms with Gasteiger partial charge in [0.05, 0.1) is 12.3 Å². The SMILES string of the molecule is CCC(CC)COc1c(N)cccc1F. The molecular formula is C12H18FNO. The molecule has 15 heavy (non-hydrogen) atoms. The monoisotopic (exact) mass is 211 g/mol. The van der Waals surface area contributed by atoms with Crippen molar-refractivity contribution in [3.63, 3.8) is 0 Å². The fourth-order valence-corrected chi connectivity index (χ4v) is 1.40. The molecule has 0 aromatic heterocycles. The van der Waals surface area contributed by atoms with Crippen LogP contribution in [-0.4, -0.2) is 6.61 Å². The third kappa shape index (κ3) is 3.11. The summed E-state index contributed by atoms with van der Waals surface area (Å²) in [4.78, 5) is 0. The Morgan fingerprint density at radius 3 is 2.53 bits per heavy atom. The zero-order valence-corrected chi connectivity index (χ0v) is 9.29. The summed E-state index contributed by atoms with van der Waals surface area (Å²) >= 11 is 0. The first-order valence-corrected chi connectivity index (χ1v) is 5.35. The molecule has 2 N–H and O–H groups in total. The van der Waals surface area contributed by atoms with E-state index >= 15 is 0 Å². The van der Waals surface area contributed by atoms with Crippen molar-refractivity contribution in [3.05, 3.63) is 24.0 Å². The van der Waals surface area contributed by atoms with Gasteiger partial charge in [-0.3, -0.25) is 0 Å². The molecule has 3 heteroatoms. The molecule has 1 aromatic carbocycles. The standard InChI is InChI=1S/C12H18FNO/c1-3-9(4-2)8-15-12-10(13)6-5-7-11(12)14/h5-7,9H,3-4,8,14H2,1-2H3. The van der Waals surface area contributed by atoms with Crippen LogP contribution in [0.25, 0.3) is 0 Å². The van der Waals surface area contributed by atoms with Gasteiger partial charge in [0.25, 0.3) is 0 Å². The predicted octanol–water partition coefficient (Wildman–Crippen LogP) is 3.22. The van der Waals surface area contributed by atoms with E-state index in [4.69, 9.17) is 10.5 Å². The van der Waals surface area contributed by atoms with Gasteiger partial charge < -0.3 is 10.5 Å². The molecule has 0 aliphatic carbocycles. The van der Waals surface area contributed by atoms with Crippen LogP contribution in [0.3, 0.4) is 0 Å². The fourth-order valence-electron chi connectivity index (χ4n) is 1.40. The minimum atomic E-state index is -0.388. The van der Waals surface area contributed by atoms with E-state index in [0.29, 0.717) is 18.2 Å². The second-order valence-corrected chi connectivity index (χ2v) is 3.65. The molecule has 0 amide bonds. The quantitative estimate of drug-likeness (QED) is 0.759. The van der Waals surface area contributed by atoms with Crippen LogP contribution in [0.1, 0.15) is 26.7 Å². The Kier molecular flexibility index (Phi) is 4.40. The maximum Gasteiger partial charge on any atom is 0.177 e. The highest BCUT2D eigenvalue weighted by Crippen LogP contribution is 2.25. The average molecular weight is 211 g/mol. The lowest BCUT2D eigenvalue weighted by atomic mass is 10.1. The highest BCUT2D eigenvalue weighted by atomic mass is 19.1. The summed E-state index contributed by atoms with van der Waals surface area (Å²) in [6.07, 6.45) is 2.07. The van der Waals surface area contributed by atoms with Gasteiger partial charge in [-0.15, -0.1) is 0 Å². The summed E-state index contributed by atoms with van der Waals surface area (Å²) < 4.78 is 18.7. The molecule has 0 spiro atoms. The van der Waals surface area contributed by atoms with Crippen molar-refractivity contribution >= 4 is 5.69 Å². The van der Waals surface area contributed by atoms with Crippen LogP contribution in [0, 0.1) is 11.7 Å². The summed E-state index contributed by atoms with van der Waals surface area (Å²) in [6.45, 7) is 4.72. The summed E-state index contributed by atoms with van der Waals surface area (Å²) in [5.41, 5.74) is 5.99. The summed E-state index contributed by atoms with van der Waals surface area (Å²) in [7, 11) is 0. The molecule has 0 radical (unpaired) electrons. The average Bonchev–Trinajstić information content (AvgIpc) is 2.23. The lowest BCUT2D eigenvalue weighted by molar-refractivity contribution is 0.233. The fraction of sp³-hybridized carbons (Fsp3) is 0.500. The predicted molar refractivity (Wildman–Crippen MR) is 60.4 cm³/mol. The van der Waals surface area contributed by atoms with Gasteiger partial charge in [0.15, 0.2) is 11.6 Å². The van der Waals surface area contributed by atoms with Crippen LogP contribution in [0.4, 0.5) is 10.1 Å². The van der Waals surface area contributed by atoms with Crippen molar-refractivity contribution < 1.29 is 9.13 Å². The Morgan fingerprint density at radius 1 is 1.33 bits per heavy atom. The van der Waals surface area contributed by atoms with Crippen LogP contribution < -0.4 is 10.5 Å². The molecule has 2 nitrogen and oxygen atoms in total. The number of para-hydroxylation sites is 1. The largest absolute Gasteiger partial charge is 0.488 e. The van der Waals surface area contributed by atoms with Gasteiger partial charge in [0.1, 0.15) is 0 Å². The number of benzene rings is 1. The van der Waals surface area contributed by atoms with E-state index in [9.17, 15) is 4.39 Å². The highest BCUT2D eigenvalue weighted by molar-refractivity contribution is 5.52. The number of nitrogen functional groups attached to an aromatic ring is 1. The van der Waals surface area contributed by atoms with E-state index in [2.05, 4.69) is 13.8 Å². The van der Waals surface area contributed by atoms with Crippen molar-refractivity contribution in [2.75, 3.05) is 12.3 Å². The summed E-state index contributed by atoms with van der Waals surface area (Å²) in [5.74, 6) is 0.259. The van der Waals surface area contributed by atoms with Gasteiger partial charge in [-0.25, -0.2) is 4.39 Å². The first kappa shape index (κ1) is 11.8. The minimum Gasteiger partial charge on any atom is -0.488 e. The van der Waals surface area contributed by atoms with E-state index in [0.717, 1.165) is 12.8 Å². The van der Waals surface area contributed by atoms with Crippen LogP contribution in [0.2, 0.25) is 0 Å². The van der Waals surface area contributed by atoms with Crippen LogP contribution in [0.5, 0.6) is 5.75 Å². The first-order valence-electron chi connectivity index (χ1n) is 5.35. The third-order valence-corrected chi connectivity index (χ3v) is 2.62. The third-order valence-electron chi connectivity index (χ3n) is 2.62. The molecule has 0 aliphatic heterocycles. The molecule has 0 fully saturated rings. The van der Waals surface area contributed by atoms with E-state index in [1.165, 1.54) is 6.07 Å². The number of anilines is 1. The molecule has 0 saturated carbocycles. The molecule has 0 heterocycles. The number of rotatable bonds is 5. The molecular weight excluding hydrogens is 193 g/mol. The van der Waals surface area contributed by atoms with Gasteiger partial charge in [0, 0.05) is 0 Å². The smallest absolute Gasteiger partial charge is 0.177 e. The van der Waals surface area contributed by atoms with Crippen LogP contribution in [-0.2, 0) is 0 Å². The van der Waals surface area contributed by atoms with Gasteiger partial charge in [-0.05, 0) is 18.1 Å². The number of nitrogens with two attached hydrogens (primary N) is 1. The van der Waals surface area contributed by atoms with Crippen molar-refractivity contribution in [1.29, 1.82) is 0 Å². The lowest BCUT2D eigenvalue weighted by Crippen LogP contribution is -2.11. The Morgan fingerprint density at radius 2 is 2.00 bits per heavy atom. The second-order valence-electron chi connectivity index (χ2n) is 3.65. The summed E-state index contributed by atoms with van der Waals surface area (Å²) in [6, 6.07) is 4.58. The van der Waals surface area contributed by atoms with Gasteiger partial charge in [-0.2, -0.15) is 0 Å². The minimum absolute atomic E-state index is 0.185. The molecule has 84 valence electrons. The molecule has 1 rings (SSSR count). The Labute approximate surface area is 90.2 Å². The van der Waals surface area contributed by atoms with E-state index in [1.54, 1.807) is 12.1 Å². The molecule has 0 bridgehead atoms. The van der Waals surface area contributed by atoms with Gasteiger partial charge in [0.2, 0.25) is 0 Å². The van der Waals surface area contributed by atoms with Gasteiger partial charge in [-0.1, -0.05) is 32.8 Å². The zero-order chi connectivity index (χ0) is 11.3. The van der Waals surface area contributed by atoms with Crippen molar-refractivity contribution in [2.45, 2.75) is 26.7 Å². The topological polar surface area (TPSA) is 35.2 Å². The molecule has 0 saturated heterocycles. The van der Waals surface area contributed by atoms with Gasteiger partial charge >= 0.3 is 0 Å². The zero-order valence-electron chi connectivity index (χ0n) is 9.29. The van der Waals surface area contributed by atoms with Crippen LogP contribution >= 0.6 is 0 Å². The Balaban J connectivity index is 2.64. The van der Waals surface area contributed by atoms with Crippen molar-refractivity contribution in [3.8, 4) is 5.75 Å². The molecule has 0 aliphatic rings. The number of halogens is 1. The summed E-state index contributed by atoms with van der Waals surface area (Å²) in [5, 5.41) is 0. The van der Waals surface area contributed by atoms with Crippen molar-refractivity contribution in [1.82, 2.24) is 0 Å². The number of hydrogen-bond donors (Lipinski definition) is 1. The maximum absolute atomic E-state index is 13.3. The normalized spacial score (nSPS) is 10.7. The first-order chi connectivity index (χ1) is 7.19. The molecule has 0 atom stereocenters. The number of hydrogen-bond acceptors (Lipinski definition) is 2. The lowest BCUT2D eigenvalue weighted by Gasteiger charge is -2.15. The molecule has 1 aromatic rings. The van der Waals surface area contributed by atoms with E-state index in [-0.39, 0.29) is 11.6 Å². The maximum atomic E-state index is 13.3. The number of ether oxygens (including phenoxy) is 1. The highest BCUT2D eigenvalue weighted by Gasteiger charge is 2.10. The van der Waals surface area contributed by atoms with E-state index in [1.807, 2.05) is 0 Å². The Hall–Kier alpha value is -1.25. The van der Waals surface area contributed by atoms with E-state index < -0.39 is 0 Å². The van der Waals surface area contributed by atoms with Crippen LogP contribution in [0.15, 0.2) is 18.2 Å². The molecule has 0 unspecified atom stereocenters. The second kappa shape index (κ2) is 5.59. The Bertz CT molecular complexity index is 290. The van der Waals surface area contributed by atoms with Crippen molar-refractivity contribution in [2.24, 2.45) is 5.92 Å².